The van der Waals surface area contributed by atoms with Gasteiger partial charge in [-0.3, -0.25) is 0 Å². The van der Waals surface area contributed by atoms with E-state index in [1.807, 2.05) is 18.2 Å². The third kappa shape index (κ3) is 3.36. The average Bonchev–Trinajstić information content (AvgIpc) is 2.40. The lowest BCUT2D eigenvalue weighted by Gasteiger charge is -2.20. The molecule has 2 aromatic rings. The molecule has 20 heavy (non-hydrogen) atoms. The zero-order valence-corrected chi connectivity index (χ0v) is 12.1. The minimum absolute atomic E-state index is 0.0544. The normalized spacial score (nSPS) is 11.4. The first-order valence-electron chi connectivity index (χ1n) is 6.67. The summed E-state index contributed by atoms with van der Waals surface area (Å²) in [6, 6.07) is 12.3. The SMILES string of the molecule is CC(C)(C)c1cccc(Oc2ccc(F)cc2CN)c1. The first-order valence-corrected chi connectivity index (χ1v) is 6.67. The van der Waals surface area contributed by atoms with Crippen molar-refractivity contribution in [3.63, 3.8) is 0 Å². The first-order chi connectivity index (χ1) is 9.40. The van der Waals surface area contributed by atoms with Crippen LogP contribution in [-0.2, 0) is 12.0 Å². The summed E-state index contributed by atoms with van der Waals surface area (Å²) in [5, 5.41) is 0. The second kappa shape index (κ2) is 5.63. The maximum absolute atomic E-state index is 13.2. The molecule has 0 atom stereocenters. The van der Waals surface area contributed by atoms with E-state index in [-0.39, 0.29) is 17.8 Å². The fourth-order valence-corrected chi connectivity index (χ4v) is 1.96. The molecule has 2 nitrogen and oxygen atoms in total. The van der Waals surface area contributed by atoms with Gasteiger partial charge in [0.25, 0.3) is 0 Å². The minimum Gasteiger partial charge on any atom is -0.457 e. The molecular weight excluding hydrogens is 253 g/mol. The fourth-order valence-electron chi connectivity index (χ4n) is 1.96. The molecule has 0 spiro atoms. The highest BCUT2D eigenvalue weighted by molar-refractivity contribution is 5.40. The summed E-state index contributed by atoms with van der Waals surface area (Å²) in [4.78, 5) is 0. The molecule has 0 bridgehead atoms. The molecule has 0 fully saturated rings. The molecule has 2 N–H and O–H groups in total. The van der Waals surface area contributed by atoms with E-state index in [4.69, 9.17) is 10.5 Å². The molecule has 0 aromatic heterocycles. The molecule has 2 rings (SSSR count). The van der Waals surface area contributed by atoms with Crippen molar-refractivity contribution in [3.05, 3.63) is 59.4 Å². The Labute approximate surface area is 119 Å². The topological polar surface area (TPSA) is 35.2 Å². The predicted molar refractivity (Wildman–Crippen MR) is 79.5 cm³/mol. The third-order valence-corrected chi connectivity index (χ3v) is 3.17. The number of ether oxygens (including phenoxy) is 1. The molecule has 0 amide bonds. The van der Waals surface area contributed by atoms with Crippen molar-refractivity contribution in [2.75, 3.05) is 0 Å². The number of rotatable bonds is 3. The summed E-state index contributed by atoms with van der Waals surface area (Å²) in [7, 11) is 0. The van der Waals surface area contributed by atoms with Crippen LogP contribution < -0.4 is 10.5 Å². The van der Waals surface area contributed by atoms with E-state index in [9.17, 15) is 4.39 Å². The second-order valence-electron chi connectivity index (χ2n) is 5.84. The molecule has 2 aromatic carbocycles. The highest BCUT2D eigenvalue weighted by Gasteiger charge is 2.14. The predicted octanol–water partition coefficient (Wildman–Crippen LogP) is 4.37. The van der Waals surface area contributed by atoms with Crippen LogP contribution in [0, 0.1) is 5.82 Å². The van der Waals surface area contributed by atoms with Gasteiger partial charge in [0.15, 0.2) is 0 Å². The number of benzene rings is 2. The summed E-state index contributed by atoms with van der Waals surface area (Å²) in [6.45, 7) is 6.69. The van der Waals surface area contributed by atoms with Crippen molar-refractivity contribution in [3.8, 4) is 11.5 Å². The van der Waals surface area contributed by atoms with Crippen molar-refractivity contribution in [2.45, 2.75) is 32.7 Å². The molecule has 0 aliphatic rings. The maximum Gasteiger partial charge on any atom is 0.132 e. The van der Waals surface area contributed by atoms with Crippen LogP contribution in [0.4, 0.5) is 4.39 Å². The van der Waals surface area contributed by atoms with Gasteiger partial charge < -0.3 is 10.5 Å². The monoisotopic (exact) mass is 273 g/mol. The van der Waals surface area contributed by atoms with Crippen LogP contribution in [-0.4, -0.2) is 0 Å². The van der Waals surface area contributed by atoms with Gasteiger partial charge in [-0.25, -0.2) is 4.39 Å². The molecule has 0 saturated heterocycles. The molecule has 0 radical (unpaired) electrons. The van der Waals surface area contributed by atoms with Crippen LogP contribution >= 0.6 is 0 Å². The van der Waals surface area contributed by atoms with Crippen molar-refractivity contribution < 1.29 is 9.13 Å². The van der Waals surface area contributed by atoms with E-state index in [0.717, 1.165) is 5.75 Å². The Morgan fingerprint density at radius 2 is 1.85 bits per heavy atom. The summed E-state index contributed by atoms with van der Waals surface area (Å²) < 4.78 is 19.0. The Hall–Kier alpha value is -1.87. The summed E-state index contributed by atoms with van der Waals surface area (Å²) >= 11 is 0. The standard InChI is InChI=1S/C17H20FNO/c1-17(2,3)13-5-4-6-15(10-13)20-16-8-7-14(18)9-12(16)11-19/h4-10H,11,19H2,1-3H3. The molecule has 0 unspecified atom stereocenters. The Morgan fingerprint density at radius 1 is 1.10 bits per heavy atom. The zero-order chi connectivity index (χ0) is 14.8. The average molecular weight is 273 g/mol. The molecule has 0 saturated carbocycles. The lowest BCUT2D eigenvalue weighted by Crippen LogP contribution is -2.10. The smallest absolute Gasteiger partial charge is 0.132 e. The van der Waals surface area contributed by atoms with E-state index in [0.29, 0.717) is 11.3 Å². The van der Waals surface area contributed by atoms with Crippen molar-refractivity contribution in [2.24, 2.45) is 5.73 Å². The summed E-state index contributed by atoms with van der Waals surface area (Å²) in [5.74, 6) is 1.03. The number of hydrogen-bond acceptors (Lipinski definition) is 2. The first kappa shape index (κ1) is 14.5. The minimum atomic E-state index is -0.304. The van der Waals surface area contributed by atoms with Crippen LogP contribution in [0.1, 0.15) is 31.9 Å². The van der Waals surface area contributed by atoms with E-state index in [2.05, 4.69) is 26.8 Å². The Bertz CT molecular complexity index is 602. The molecule has 0 aliphatic heterocycles. The van der Waals surface area contributed by atoms with Crippen molar-refractivity contribution in [1.82, 2.24) is 0 Å². The second-order valence-corrected chi connectivity index (χ2v) is 5.84. The Morgan fingerprint density at radius 3 is 2.50 bits per heavy atom. The van der Waals surface area contributed by atoms with Gasteiger partial charge in [0.2, 0.25) is 0 Å². The highest BCUT2D eigenvalue weighted by atomic mass is 19.1. The van der Waals surface area contributed by atoms with Gasteiger partial charge in [0, 0.05) is 12.1 Å². The summed E-state index contributed by atoms with van der Waals surface area (Å²) in [5.41, 5.74) is 7.53. The van der Waals surface area contributed by atoms with Crippen LogP contribution in [0.3, 0.4) is 0 Å². The maximum atomic E-state index is 13.2. The van der Waals surface area contributed by atoms with E-state index >= 15 is 0 Å². The zero-order valence-electron chi connectivity index (χ0n) is 12.1. The van der Waals surface area contributed by atoms with Crippen LogP contribution in [0.2, 0.25) is 0 Å². The van der Waals surface area contributed by atoms with E-state index in [1.54, 1.807) is 6.07 Å². The Kier molecular flexibility index (Phi) is 4.09. The highest BCUT2D eigenvalue weighted by Crippen LogP contribution is 2.30. The molecule has 106 valence electrons. The van der Waals surface area contributed by atoms with Gasteiger partial charge in [-0.05, 0) is 41.3 Å². The van der Waals surface area contributed by atoms with Gasteiger partial charge in [0.1, 0.15) is 17.3 Å². The quantitative estimate of drug-likeness (QED) is 0.901. The van der Waals surface area contributed by atoms with E-state index in [1.165, 1.54) is 17.7 Å². The molecule has 0 aliphatic carbocycles. The number of nitrogens with two attached hydrogens (primary N) is 1. The fraction of sp³-hybridized carbons (Fsp3) is 0.294. The van der Waals surface area contributed by atoms with Crippen molar-refractivity contribution in [1.29, 1.82) is 0 Å². The lowest BCUT2D eigenvalue weighted by atomic mass is 9.87. The lowest BCUT2D eigenvalue weighted by molar-refractivity contribution is 0.470. The molecule has 3 heteroatoms. The van der Waals surface area contributed by atoms with Crippen LogP contribution in [0.25, 0.3) is 0 Å². The van der Waals surface area contributed by atoms with E-state index < -0.39 is 0 Å². The van der Waals surface area contributed by atoms with Gasteiger partial charge in [-0.1, -0.05) is 32.9 Å². The number of halogens is 1. The largest absolute Gasteiger partial charge is 0.457 e. The van der Waals surface area contributed by atoms with Crippen LogP contribution in [0.15, 0.2) is 42.5 Å². The Balaban J connectivity index is 2.31. The van der Waals surface area contributed by atoms with Gasteiger partial charge in [-0.15, -0.1) is 0 Å². The van der Waals surface area contributed by atoms with Crippen LogP contribution in [0.5, 0.6) is 11.5 Å². The van der Waals surface area contributed by atoms with Gasteiger partial charge in [0.05, 0.1) is 0 Å². The van der Waals surface area contributed by atoms with Crippen molar-refractivity contribution >= 4 is 0 Å². The number of hydrogen-bond donors (Lipinski definition) is 1. The van der Waals surface area contributed by atoms with Gasteiger partial charge >= 0.3 is 0 Å². The van der Waals surface area contributed by atoms with Gasteiger partial charge in [-0.2, -0.15) is 0 Å². The third-order valence-electron chi connectivity index (χ3n) is 3.17. The summed E-state index contributed by atoms with van der Waals surface area (Å²) in [6.07, 6.45) is 0. The molecular formula is C17H20FNO. The molecule has 0 heterocycles.